The molecular formula is C40H32OSi2. The van der Waals surface area contributed by atoms with E-state index in [1.54, 1.807) is 10.4 Å². The lowest BCUT2D eigenvalue weighted by molar-refractivity contribution is 0.669. The molecule has 0 atom stereocenters. The van der Waals surface area contributed by atoms with Gasteiger partial charge in [-0.1, -0.05) is 123 Å². The van der Waals surface area contributed by atoms with Gasteiger partial charge in [0.05, 0.1) is 0 Å². The fourth-order valence-corrected chi connectivity index (χ4v) is 14.1. The minimum atomic E-state index is -1.73. The summed E-state index contributed by atoms with van der Waals surface area (Å²) < 4.78 is 6.35. The summed E-state index contributed by atoms with van der Waals surface area (Å²) in [6.45, 7) is 9.93. The first-order valence-electron chi connectivity index (χ1n) is 15.3. The minimum Gasteiger partial charge on any atom is -0.456 e. The Kier molecular flexibility index (Phi) is 5.00. The van der Waals surface area contributed by atoms with Crippen LogP contribution in [0.4, 0.5) is 0 Å². The van der Waals surface area contributed by atoms with Crippen molar-refractivity contribution in [2.45, 2.75) is 26.2 Å². The molecule has 1 aromatic heterocycles. The predicted octanol–water partition coefficient (Wildman–Crippen LogP) is 8.53. The van der Waals surface area contributed by atoms with E-state index in [0.717, 1.165) is 11.2 Å². The lowest BCUT2D eigenvalue weighted by Gasteiger charge is -2.19. The van der Waals surface area contributed by atoms with E-state index in [4.69, 9.17) is 4.42 Å². The van der Waals surface area contributed by atoms with Gasteiger partial charge in [-0.05, 0) is 89.5 Å². The number of fused-ring (bicyclic) bond motifs is 9. The van der Waals surface area contributed by atoms with Crippen molar-refractivity contribution in [3.05, 3.63) is 121 Å². The highest BCUT2D eigenvalue weighted by Crippen LogP contribution is 2.37. The molecule has 0 radical (unpaired) electrons. The van der Waals surface area contributed by atoms with Gasteiger partial charge >= 0.3 is 0 Å². The van der Waals surface area contributed by atoms with Gasteiger partial charge < -0.3 is 4.42 Å². The molecule has 0 aliphatic carbocycles. The van der Waals surface area contributed by atoms with Gasteiger partial charge in [-0.15, -0.1) is 0 Å². The Morgan fingerprint density at radius 3 is 1.21 bits per heavy atom. The van der Waals surface area contributed by atoms with Crippen molar-refractivity contribution in [3.8, 4) is 44.5 Å². The molecule has 0 amide bonds. The Bertz CT molecular complexity index is 2140. The fraction of sp³-hybridized carbons (Fsp3) is 0.100. The Morgan fingerprint density at radius 2 is 0.744 bits per heavy atom. The monoisotopic (exact) mass is 584 g/mol. The van der Waals surface area contributed by atoms with Crippen molar-refractivity contribution in [2.75, 3.05) is 0 Å². The third-order valence-corrected chi connectivity index (χ3v) is 17.4. The maximum absolute atomic E-state index is 6.35. The molecule has 206 valence electrons. The van der Waals surface area contributed by atoms with Crippen LogP contribution in [-0.4, -0.2) is 16.1 Å². The lowest BCUT2D eigenvalue weighted by Crippen LogP contribution is -2.49. The summed E-state index contributed by atoms with van der Waals surface area (Å²) in [5.74, 6) is 0. The molecule has 0 saturated heterocycles. The first kappa shape index (κ1) is 25.1. The second-order valence-electron chi connectivity index (χ2n) is 13.4. The molecule has 43 heavy (non-hydrogen) atoms. The molecule has 0 saturated carbocycles. The summed E-state index contributed by atoms with van der Waals surface area (Å²) in [7, 11) is -3.46. The molecule has 0 fully saturated rings. The van der Waals surface area contributed by atoms with E-state index in [9.17, 15) is 0 Å². The lowest BCUT2D eigenvalue weighted by atomic mass is 9.97. The summed E-state index contributed by atoms with van der Waals surface area (Å²) in [5, 5.41) is 8.53. The van der Waals surface area contributed by atoms with Gasteiger partial charge in [0.15, 0.2) is 0 Å². The highest BCUT2D eigenvalue weighted by molar-refractivity contribution is 7.04. The molecule has 0 N–H and O–H groups in total. The minimum absolute atomic E-state index is 0.942. The van der Waals surface area contributed by atoms with Gasteiger partial charge in [0.25, 0.3) is 0 Å². The maximum Gasteiger partial charge on any atom is 0.135 e. The van der Waals surface area contributed by atoms with Crippen LogP contribution in [0, 0.1) is 0 Å². The molecule has 3 heterocycles. The second kappa shape index (κ2) is 8.56. The van der Waals surface area contributed by atoms with E-state index in [0.29, 0.717) is 0 Å². The molecule has 1 nitrogen and oxygen atoms in total. The van der Waals surface area contributed by atoms with Crippen molar-refractivity contribution < 1.29 is 4.42 Å². The van der Waals surface area contributed by atoms with Crippen molar-refractivity contribution in [2.24, 2.45) is 0 Å². The van der Waals surface area contributed by atoms with Crippen LogP contribution in [0.5, 0.6) is 0 Å². The smallest absolute Gasteiger partial charge is 0.135 e. The number of benzene rings is 6. The Labute approximate surface area is 254 Å². The van der Waals surface area contributed by atoms with Gasteiger partial charge in [0, 0.05) is 10.8 Å². The quantitative estimate of drug-likeness (QED) is 0.186. The van der Waals surface area contributed by atoms with Crippen molar-refractivity contribution in [1.82, 2.24) is 0 Å². The van der Waals surface area contributed by atoms with Crippen LogP contribution in [0.3, 0.4) is 0 Å². The number of furan rings is 1. The zero-order chi connectivity index (χ0) is 29.1. The Morgan fingerprint density at radius 1 is 0.372 bits per heavy atom. The van der Waals surface area contributed by atoms with E-state index < -0.39 is 16.1 Å². The second-order valence-corrected chi connectivity index (χ2v) is 22.0. The van der Waals surface area contributed by atoms with Crippen LogP contribution < -0.4 is 20.7 Å². The van der Waals surface area contributed by atoms with Gasteiger partial charge in [0.1, 0.15) is 27.3 Å². The zero-order valence-corrected chi connectivity index (χ0v) is 27.0. The van der Waals surface area contributed by atoms with E-state index >= 15 is 0 Å². The molecule has 3 heteroatoms. The third-order valence-electron chi connectivity index (χ3n) is 10.3. The molecule has 0 spiro atoms. The van der Waals surface area contributed by atoms with Gasteiger partial charge in [-0.25, -0.2) is 0 Å². The first-order chi connectivity index (χ1) is 20.8. The normalized spacial score (nSPS) is 15.3. The van der Waals surface area contributed by atoms with Crippen molar-refractivity contribution in [3.63, 3.8) is 0 Å². The predicted molar refractivity (Wildman–Crippen MR) is 189 cm³/mol. The highest BCUT2D eigenvalue weighted by atomic mass is 28.3. The van der Waals surface area contributed by atoms with Crippen LogP contribution in [0.1, 0.15) is 0 Å². The summed E-state index contributed by atoms with van der Waals surface area (Å²) >= 11 is 0. The van der Waals surface area contributed by atoms with E-state index in [1.165, 1.54) is 65.7 Å². The molecule has 0 unspecified atom stereocenters. The zero-order valence-electron chi connectivity index (χ0n) is 25.0. The largest absolute Gasteiger partial charge is 0.456 e. The average molecular weight is 585 g/mol. The molecule has 9 rings (SSSR count). The SMILES string of the molecule is C[Si]1(C)c2ccccc2-c2ccc(-c3ccc4oc5ccc(-c6ccc7c(c6)[Si](C)(C)c6ccccc6-7)cc5c4c3)cc21. The molecule has 6 aromatic carbocycles. The first-order valence-corrected chi connectivity index (χ1v) is 21.3. The average Bonchev–Trinajstić information content (AvgIpc) is 3.60. The molecule has 7 aromatic rings. The van der Waals surface area contributed by atoms with Gasteiger partial charge in [-0.2, -0.15) is 0 Å². The maximum atomic E-state index is 6.35. The van der Waals surface area contributed by atoms with Crippen LogP contribution in [0.15, 0.2) is 126 Å². The molecule has 2 aliphatic heterocycles. The number of hydrogen-bond donors (Lipinski definition) is 0. The van der Waals surface area contributed by atoms with Gasteiger partial charge in [0.2, 0.25) is 0 Å². The summed E-state index contributed by atoms with van der Waals surface area (Å²) in [4.78, 5) is 0. The van der Waals surface area contributed by atoms with Gasteiger partial charge in [-0.3, -0.25) is 0 Å². The number of hydrogen-bond acceptors (Lipinski definition) is 1. The Balaban J connectivity index is 1.15. The Hall–Kier alpha value is -4.45. The summed E-state index contributed by atoms with van der Waals surface area (Å²) in [5.41, 5.74) is 12.6. The van der Waals surface area contributed by atoms with Crippen LogP contribution in [-0.2, 0) is 0 Å². The molecule has 2 aliphatic rings. The van der Waals surface area contributed by atoms with Crippen molar-refractivity contribution >= 4 is 58.8 Å². The topological polar surface area (TPSA) is 13.1 Å². The standard InChI is InChI=1S/C40H32OSi2/c1-42(2)37-11-7-5-9-29(37)31-17-13-27(23-39(31)42)25-15-19-35-33(21-25)34-22-26(16-20-36(34)41-35)28-14-18-32-30-10-6-8-12-38(30)43(3,4)40(32)24-28/h5-24H,1-4H3. The van der Waals surface area contributed by atoms with Crippen LogP contribution in [0.25, 0.3) is 66.4 Å². The van der Waals surface area contributed by atoms with Crippen LogP contribution >= 0.6 is 0 Å². The van der Waals surface area contributed by atoms with Crippen LogP contribution in [0.2, 0.25) is 26.2 Å². The third kappa shape index (κ3) is 3.44. The molecule has 0 bridgehead atoms. The molecular weight excluding hydrogens is 553 g/mol. The van der Waals surface area contributed by atoms with E-state index in [1.807, 2.05) is 0 Å². The highest BCUT2D eigenvalue weighted by Gasteiger charge is 2.38. The number of rotatable bonds is 2. The summed E-state index contributed by atoms with van der Waals surface area (Å²) in [6.07, 6.45) is 0. The van der Waals surface area contributed by atoms with E-state index in [2.05, 4.69) is 148 Å². The van der Waals surface area contributed by atoms with E-state index in [-0.39, 0.29) is 0 Å². The summed E-state index contributed by atoms with van der Waals surface area (Å²) in [6, 6.07) is 45.6. The fourth-order valence-electron chi connectivity index (χ4n) is 7.90. The van der Waals surface area contributed by atoms with Crippen molar-refractivity contribution in [1.29, 1.82) is 0 Å².